The Morgan fingerprint density at radius 1 is 0.464 bits per heavy atom. The molecule has 0 saturated carbocycles. The Kier molecular flexibility index (Phi) is 6.73. The van der Waals surface area contributed by atoms with Crippen LogP contribution in [0.2, 0.25) is 0 Å². The summed E-state index contributed by atoms with van der Waals surface area (Å²) in [4.78, 5) is 5.34. The van der Waals surface area contributed by atoms with E-state index in [2.05, 4.69) is 121 Å². The fourth-order valence-electron chi connectivity index (χ4n) is 7.53. The van der Waals surface area contributed by atoms with Gasteiger partial charge >= 0.3 is 0 Å². The second-order valence-corrected chi connectivity index (χ2v) is 13.8. The van der Waals surface area contributed by atoms with Crippen molar-refractivity contribution in [3.05, 3.63) is 0 Å². The molecule has 0 aromatic rings. The van der Waals surface area contributed by atoms with Gasteiger partial charge in [0.05, 0.1) is 0 Å². The summed E-state index contributed by atoms with van der Waals surface area (Å²) in [5, 5.41) is 0. The van der Waals surface area contributed by atoms with Crippen molar-refractivity contribution >= 4 is 0 Å². The zero-order valence-corrected chi connectivity index (χ0v) is 22.5. The molecule has 2 heteroatoms. The molecule has 0 N–H and O–H groups in total. The van der Waals surface area contributed by atoms with Gasteiger partial charge in [-0.2, -0.15) is 0 Å². The molecule has 2 fully saturated rings. The van der Waals surface area contributed by atoms with Crippen LogP contribution in [0.4, 0.5) is 0 Å². The first kappa shape index (κ1) is 26.0. The minimum absolute atomic E-state index is 0.236. The van der Waals surface area contributed by atoms with Crippen molar-refractivity contribution in [2.75, 3.05) is 0 Å². The Morgan fingerprint density at radius 3 is 0.929 bits per heavy atom. The summed E-state index contributed by atoms with van der Waals surface area (Å²) in [6.45, 7) is 38.0. The average molecular weight is 395 g/mol. The zero-order valence-electron chi connectivity index (χ0n) is 22.5. The Morgan fingerprint density at radius 2 is 0.750 bits per heavy atom. The molecule has 0 radical (unpaired) electrons. The van der Waals surface area contributed by atoms with Gasteiger partial charge in [0, 0.05) is 34.2 Å². The molecule has 0 aromatic carbocycles. The lowest BCUT2D eigenvalue weighted by atomic mass is 9.53. The Labute approximate surface area is 178 Å². The molecule has 2 aliphatic rings. The van der Waals surface area contributed by atoms with Gasteiger partial charge in [0.25, 0.3) is 0 Å². The molecule has 2 saturated heterocycles. The fraction of sp³-hybridized carbons (Fsp3) is 1.00. The van der Waals surface area contributed by atoms with Gasteiger partial charge in [0.15, 0.2) is 0 Å². The SMILES string of the molecule is CC(C)N1C(C)(C)C(C)(C)CC(C)(C)C1(C)C.CC(C)N1C(C)(C)CC1(C)C. The fourth-order valence-corrected chi connectivity index (χ4v) is 7.53. The van der Waals surface area contributed by atoms with E-state index in [0.717, 1.165) is 0 Å². The zero-order chi connectivity index (χ0) is 22.7. The van der Waals surface area contributed by atoms with Gasteiger partial charge in [-0.15, -0.1) is 0 Å². The van der Waals surface area contributed by atoms with E-state index < -0.39 is 0 Å². The average Bonchev–Trinajstić information content (AvgIpc) is 2.30. The molecule has 2 aliphatic heterocycles. The highest BCUT2D eigenvalue weighted by Crippen LogP contribution is 2.57. The molecule has 0 unspecified atom stereocenters. The quantitative estimate of drug-likeness (QED) is 0.482. The smallest absolute Gasteiger partial charge is 0.0212 e. The van der Waals surface area contributed by atoms with Gasteiger partial charge in [-0.05, 0) is 107 Å². The van der Waals surface area contributed by atoms with Crippen LogP contribution in [0, 0.1) is 10.8 Å². The molecular weight excluding hydrogens is 340 g/mol. The van der Waals surface area contributed by atoms with Crippen LogP contribution in [0.15, 0.2) is 0 Å². The molecule has 0 spiro atoms. The Bertz CT molecular complexity index is 507. The van der Waals surface area contributed by atoms with Crippen LogP contribution >= 0.6 is 0 Å². The second kappa shape index (κ2) is 7.26. The summed E-state index contributed by atoms with van der Waals surface area (Å²) in [6.07, 6.45) is 2.60. The first-order valence-corrected chi connectivity index (χ1v) is 11.6. The number of rotatable bonds is 2. The lowest BCUT2D eigenvalue weighted by Gasteiger charge is -2.68. The minimum atomic E-state index is 0.236. The standard InChI is InChI=1S/C16H33N.C10H21N/c1-12(2)17-15(7,8)13(3,4)11-14(5,6)16(17,9)10;1-8(2)11-9(3,4)7-10(11,5)6/h12H,11H2,1-10H3;8H,7H2,1-6H3. The van der Waals surface area contributed by atoms with Gasteiger partial charge in [-0.1, -0.05) is 27.7 Å². The van der Waals surface area contributed by atoms with Crippen LogP contribution in [0.25, 0.3) is 0 Å². The molecule has 2 nitrogen and oxygen atoms in total. The summed E-state index contributed by atoms with van der Waals surface area (Å²) in [5.74, 6) is 0. The summed E-state index contributed by atoms with van der Waals surface area (Å²) >= 11 is 0. The normalized spacial score (nSPS) is 29.8. The number of hydrogen-bond acceptors (Lipinski definition) is 2. The van der Waals surface area contributed by atoms with Crippen molar-refractivity contribution in [2.24, 2.45) is 10.8 Å². The molecule has 0 amide bonds. The maximum Gasteiger partial charge on any atom is 0.0212 e. The van der Waals surface area contributed by atoms with Crippen molar-refractivity contribution in [3.8, 4) is 0 Å². The van der Waals surface area contributed by atoms with Crippen molar-refractivity contribution in [2.45, 2.75) is 158 Å². The molecule has 0 aliphatic carbocycles. The number of nitrogens with zero attached hydrogens (tertiary/aromatic N) is 2. The molecule has 0 aromatic heterocycles. The van der Waals surface area contributed by atoms with Crippen LogP contribution in [0.3, 0.4) is 0 Å². The minimum Gasteiger partial charge on any atom is -0.291 e. The lowest BCUT2D eigenvalue weighted by Crippen LogP contribution is -2.73. The third-order valence-corrected chi connectivity index (χ3v) is 8.60. The third kappa shape index (κ3) is 4.20. The number of likely N-dealkylation sites (tertiary alicyclic amines) is 2. The molecule has 2 rings (SSSR count). The Balaban J connectivity index is 0.000000307. The summed E-state index contributed by atoms with van der Waals surface area (Å²) < 4.78 is 0. The number of hydrogen-bond donors (Lipinski definition) is 0. The summed E-state index contributed by atoms with van der Waals surface area (Å²) in [7, 11) is 0. The van der Waals surface area contributed by atoms with E-state index in [1.165, 1.54) is 12.8 Å². The van der Waals surface area contributed by atoms with Gasteiger partial charge in [-0.25, -0.2) is 0 Å². The van der Waals surface area contributed by atoms with Crippen molar-refractivity contribution in [3.63, 3.8) is 0 Å². The van der Waals surface area contributed by atoms with E-state index in [4.69, 9.17) is 0 Å². The number of piperidine rings is 1. The Hall–Kier alpha value is -0.0800. The molecule has 0 bridgehead atoms. The summed E-state index contributed by atoms with van der Waals surface area (Å²) in [5.41, 5.74) is 2.02. The predicted octanol–water partition coefficient (Wildman–Crippen LogP) is 7.37. The third-order valence-electron chi connectivity index (χ3n) is 8.60. The van der Waals surface area contributed by atoms with E-state index in [-0.39, 0.29) is 11.1 Å². The van der Waals surface area contributed by atoms with E-state index in [1.807, 2.05) is 0 Å². The first-order chi connectivity index (χ1) is 12.0. The van der Waals surface area contributed by atoms with E-state index in [9.17, 15) is 0 Å². The molecule has 168 valence electrons. The summed E-state index contributed by atoms with van der Waals surface area (Å²) in [6, 6.07) is 1.26. The topological polar surface area (TPSA) is 6.48 Å². The monoisotopic (exact) mass is 394 g/mol. The van der Waals surface area contributed by atoms with E-state index in [0.29, 0.717) is 34.0 Å². The lowest BCUT2D eigenvalue weighted by molar-refractivity contribution is -0.181. The highest BCUT2D eigenvalue weighted by molar-refractivity contribution is 5.13. The van der Waals surface area contributed by atoms with Crippen LogP contribution in [0.5, 0.6) is 0 Å². The first-order valence-electron chi connectivity index (χ1n) is 11.6. The highest BCUT2D eigenvalue weighted by Gasteiger charge is 2.59. The van der Waals surface area contributed by atoms with Crippen molar-refractivity contribution in [1.82, 2.24) is 9.80 Å². The van der Waals surface area contributed by atoms with Gasteiger partial charge in [0.2, 0.25) is 0 Å². The van der Waals surface area contributed by atoms with E-state index >= 15 is 0 Å². The van der Waals surface area contributed by atoms with E-state index in [1.54, 1.807) is 0 Å². The van der Waals surface area contributed by atoms with Crippen LogP contribution in [-0.4, -0.2) is 44.0 Å². The molecule has 28 heavy (non-hydrogen) atoms. The van der Waals surface area contributed by atoms with Crippen LogP contribution < -0.4 is 0 Å². The van der Waals surface area contributed by atoms with Crippen molar-refractivity contribution in [1.29, 1.82) is 0 Å². The maximum atomic E-state index is 2.74. The highest BCUT2D eigenvalue weighted by atomic mass is 15.3. The van der Waals surface area contributed by atoms with Gasteiger partial charge in [-0.3, -0.25) is 9.80 Å². The molecule has 2 heterocycles. The van der Waals surface area contributed by atoms with Gasteiger partial charge < -0.3 is 0 Å². The van der Waals surface area contributed by atoms with Crippen molar-refractivity contribution < 1.29 is 0 Å². The predicted molar refractivity (Wildman–Crippen MR) is 127 cm³/mol. The maximum absolute atomic E-state index is 2.74. The van der Waals surface area contributed by atoms with Crippen LogP contribution in [0.1, 0.15) is 124 Å². The van der Waals surface area contributed by atoms with Crippen LogP contribution in [-0.2, 0) is 0 Å². The molecule has 0 atom stereocenters. The molecular formula is C26H54N2. The van der Waals surface area contributed by atoms with Gasteiger partial charge in [0.1, 0.15) is 0 Å². The second-order valence-electron chi connectivity index (χ2n) is 13.8. The largest absolute Gasteiger partial charge is 0.291 e.